The summed E-state index contributed by atoms with van der Waals surface area (Å²) in [5.74, 6) is 2.35. The van der Waals surface area contributed by atoms with Gasteiger partial charge in [-0.15, -0.1) is 0 Å². The van der Waals surface area contributed by atoms with E-state index in [0.29, 0.717) is 10.8 Å². The summed E-state index contributed by atoms with van der Waals surface area (Å²) in [7, 11) is 0. The van der Waals surface area contributed by atoms with Crippen LogP contribution in [-0.4, -0.2) is 0 Å². The summed E-state index contributed by atoms with van der Waals surface area (Å²) < 4.78 is 0. The van der Waals surface area contributed by atoms with Gasteiger partial charge in [0.1, 0.15) is 0 Å². The maximum absolute atomic E-state index is 2.38. The van der Waals surface area contributed by atoms with E-state index < -0.39 is 0 Å². The zero-order valence-electron chi connectivity index (χ0n) is 30.1. The van der Waals surface area contributed by atoms with E-state index in [9.17, 15) is 0 Å². The van der Waals surface area contributed by atoms with Crippen LogP contribution < -0.4 is 0 Å². The quantitative estimate of drug-likeness (QED) is 0.251. The largest absolute Gasteiger partial charge is 0.0800 e. The van der Waals surface area contributed by atoms with Crippen LogP contribution in [-0.2, 0) is 0 Å². The second-order valence-corrected chi connectivity index (χ2v) is 13.8. The smallest absolute Gasteiger partial charge is 0.0175 e. The van der Waals surface area contributed by atoms with Crippen molar-refractivity contribution in [3.05, 3.63) is 33.9 Å². The molecule has 0 saturated carbocycles. The van der Waals surface area contributed by atoms with E-state index in [1.807, 2.05) is 0 Å². The summed E-state index contributed by atoms with van der Waals surface area (Å²) in [5, 5.41) is 0. The van der Waals surface area contributed by atoms with Crippen LogP contribution in [0, 0.1) is 28.6 Å². The minimum absolute atomic E-state index is 0.403. The highest BCUT2D eigenvalue weighted by Gasteiger charge is 2.15. The van der Waals surface area contributed by atoms with Crippen molar-refractivity contribution in [2.45, 2.75) is 177 Å². The average Bonchev–Trinajstić information content (AvgIpc) is 2.81. The van der Waals surface area contributed by atoms with E-state index in [4.69, 9.17) is 0 Å². The normalized spacial score (nSPS) is 13.4. The topological polar surface area (TPSA) is 0 Å². The molecule has 0 aliphatic heterocycles. The lowest BCUT2D eigenvalue weighted by Gasteiger charge is -2.24. The van der Waals surface area contributed by atoms with Crippen molar-refractivity contribution >= 4 is 0 Å². The zero-order chi connectivity index (χ0) is 30.6. The molecule has 37 heavy (non-hydrogen) atoms. The first-order valence-corrected chi connectivity index (χ1v) is 15.7. The van der Waals surface area contributed by atoms with E-state index in [2.05, 4.69) is 145 Å². The van der Waals surface area contributed by atoms with Crippen molar-refractivity contribution in [2.75, 3.05) is 0 Å². The highest BCUT2D eigenvalue weighted by atomic mass is 14.2. The van der Waals surface area contributed by atoms with Crippen LogP contribution in [0.4, 0.5) is 0 Å². The molecule has 0 saturated heterocycles. The summed E-state index contributed by atoms with van der Waals surface area (Å²) >= 11 is 0. The Morgan fingerprint density at radius 3 is 1.27 bits per heavy atom. The Morgan fingerprint density at radius 1 is 0.649 bits per heavy atom. The minimum atomic E-state index is 0.403. The van der Waals surface area contributed by atoms with Gasteiger partial charge in [0.25, 0.3) is 0 Å². The van der Waals surface area contributed by atoms with Crippen molar-refractivity contribution in [3.63, 3.8) is 0 Å². The minimum Gasteiger partial charge on any atom is -0.0800 e. The fraction of sp³-hybridized carbons (Fsp3) is 0.838. The predicted octanol–water partition coefficient (Wildman–Crippen LogP) is 14.0. The summed E-state index contributed by atoms with van der Waals surface area (Å²) in [6.45, 7) is 45.0. The Hall–Kier alpha value is -0.780. The van der Waals surface area contributed by atoms with E-state index in [1.54, 1.807) is 16.7 Å². The number of hydrogen-bond acceptors (Lipinski definition) is 0. The Balaban J connectivity index is -0.000000196. The molecule has 0 nitrogen and oxygen atoms in total. The third-order valence-electron chi connectivity index (χ3n) is 8.23. The lowest BCUT2D eigenvalue weighted by molar-refractivity contribution is 0.277. The van der Waals surface area contributed by atoms with Gasteiger partial charge in [-0.25, -0.2) is 0 Å². The van der Waals surface area contributed by atoms with E-state index in [-0.39, 0.29) is 0 Å². The van der Waals surface area contributed by atoms with Crippen LogP contribution in [0.1, 0.15) is 177 Å². The third-order valence-corrected chi connectivity index (χ3v) is 8.23. The molecule has 0 aromatic rings. The molecule has 0 fully saturated rings. The lowest BCUT2D eigenvalue weighted by atomic mass is 9.82. The number of rotatable bonds is 10. The summed E-state index contributed by atoms with van der Waals surface area (Å²) in [5.41, 5.74) is 8.60. The Bertz CT molecular complexity index is 627. The SMILES string of the molecule is CC/C(C)=C(\C)C(C)C.CC/C(C)=C/C(C)(C)CC.CCC(C)(C)CC(C)C.CCC(C)C(C)=C(C)C. The second kappa shape index (κ2) is 23.1. The average molecular weight is 521 g/mol. The predicted molar refractivity (Wildman–Crippen MR) is 179 cm³/mol. The molecule has 0 bridgehead atoms. The Kier molecular flexibility index (Phi) is 27.1. The van der Waals surface area contributed by atoms with Crippen LogP contribution >= 0.6 is 0 Å². The van der Waals surface area contributed by atoms with Crippen LogP contribution in [0.5, 0.6) is 0 Å². The van der Waals surface area contributed by atoms with Gasteiger partial charge in [0.2, 0.25) is 0 Å². The first kappa shape index (κ1) is 43.3. The second-order valence-electron chi connectivity index (χ2n) is 13.8. The Labute approximate surface area is 239 Å². The summed E-state index contributed by atoms with van der Waals surface area (Å²) in [6, 6.07) is 0. The molecule has 0 heterocycles. The third kappa shape index (κ3) is 28.1. The molecule has 1 unspecified atom stereocenters. The standard InChI is InChI=1S/C10H20.C9H20.2C9H18/c1-6-9(3)8-10(4,5)7-2;1-6-9(4,5)7-8(2)3;2*1-6-8(4)9(5)7(2)3/h8H,6-7H2,1-5H3;8H,6-7H2,1-5H3;8H,6H2,1-5H3;7H,6H2,1-5H3/b9-8+;;;9-8+. The molecule has 0 aromatic heterocycles. The van der Waals surface area contributed by atoms with Crippen molar-refractivity contribution in [1.29, 1.82) is 0 Å². The maximum Gasteiger partial charge on any atom is -0.0175 e. The van der Waals surface area contributed by atoms with Crippen molar-refractivity contribution in [2.24, 2.45) is 28.6 Å². The molecule has 0 N–H and O–H groups in total. The first-order chi connectivity index (χ1) is 16.7. The molecule has 224 valence electrons. The van der Waals surface area contributed by atoms with Crippen LogP contribution in [0.15, 0.2) is 33.9 Å². The molecule has 0 aliphatic rings. The summed E-state index contributed by atoms with van der Waals surface area (Å²) in [4.78, 5) is 0. The molecule has 0 rings (SSSR count). The van der Waals surface area contributed by atoms with Gasteiger partial charge >= 0.3 is 0 Å². The lowest BCUT2D eigenvalue weighted by Crippen LogP contribution is -2.12. The van der Waals surface area contributed by atoms with Crippen molar-refractivity contribution in [1.82, 2.24) is 0 Å². The van der Waals surface area contributed by atoms with Crippen LogP contribution in [0.3, 0.4) is 0 Å². The van der Waals surface area contributed by atoms with E-state index >= 15 is 0 Å². The van der Waals surface area contributed by atoms with Crippen molar-refractivity contribution < 1.29 is 0 Å². The zero-order valence-corrected chi connectivity index (χ0v) is 30.1. The van der Waals surface area contributed by atoms with Gasteiger partial charge in [-0.1, -0.05) is 137 Å². The van der Waals surface area contributed by atoms with Crippen molar-refractivity contribution in [3.8, 4) is 0 Å². The molecular weight excluding hydrogens is 444 g/mol. The maximum atomic E-state index is 2.38. The van der Waals surface area contributed by atoms with E-state index in [0.717, 1.165) is 17.8 Å². The number of hydrogen-bond donors (Lipinski definition) is 0. The molecule has 1 atom stereocenters. The van der Waals surface area contributed by atoms with Gasteiger partial charge in [0, 0.05) is 0 Å². The highest BCUT2D eigenvalue weighted by molar-refractivity contribution is 5.10. The molecule has 0 aromatic carbocycles. The molecule has 0 radical (unpaired) electrons. The Morgan fingerprint density at radius 2 is 1.11 bits per heavy atom. The van der Waals surface area contributed by atoms with Gasteiger partial charge < -0.3 is 0 Å². The van der Waals surface area contributed by atoms with Crippen LogP contribution in [0.25, 0.3) is 0 Å². The molecule has 0 aliphatic carbocycles. The fourth-order valence-corrected chi connectivity index (χ4v) is 3.69. The van der Waals surface area contributed by atoms with Gasteiger partial charge in [0.05, 0.1) is 0 Å². The van der Waals surface area contributed by atoms with Gasteiger partial charge in [0.15, 0.2) is 0 Å². The number of allylic oxidation sites excluding steroid dienone is 6. The van der Waals surface area contributed by atoms with Gasteiger partial charge in [-0.3, -0.25) is 0 Å². The van der Waals surface area contributed by atoms with E-state index in [1.165, 1.54) is 49.7 Å². The van der Waals surface area contributed by atoms with Crippen LogP contribution in [0.2, 0.25) is 0 Å². The monoisotopic (exact) mass is 521 g/mol. The molecule has 0 heteroatoms. The summed E-state index contributed by atoms with van der Waals surface area (Å²) in [6.07, 6.45) is 9.90. The fourth-order valence-electron chi connectivity index (χ4n) is 3.69. The van der Waals surface area contributed by atoms with Gasteiger partial charge in [-0.2, -0.15) is 0 Å². The highest BCUT2D eigenvalue weighted by Crippen LogP contribution is 2.28. The molecular formula is C37H76. The first-order valence-electron chi connectivity index (χ1n) is 15.7. The molecule has 0 spiro atoms. The molecule has 0 amide bonds. The van der Waals surface area contributed by atoms with Gasteiger partial charge in [-0.05, 0) is 102 Å².